The molecule has 5 heteroatoms. The largest absolute Gasteiger partial charge is 0.495 e. The summed E-state index contributed by atoms with van der Waals surface area (Å²) < 4.78 is 6.55. The third-order valence-corrected chi connectivity index (χ3v) is 14.1. The van der Waals surface area contributed by atoms with E-state index in [1.807, 2.05) is 0 Å². The topological polar surface area (TPSA) is 83.8 Å². The van der Waals surface area contributed by atoms with Crippen LogP contribution in [0.4, 0.5) is 0 Å². The van der Waals surface area contributed by atoms with E-state index in [0.29, 0.717) is 54.5 Å². The van der Waals surface area contributed by atoms with Crippen LogP contribution in [0.15, 0.2) is 23.5 Å². The first kappa shape index (κ1) is 32.8. The number of aliphatic hydroxyl groups excluding tert-OH is 1. The molecule has 9 unspecified atom stereocenters. The molecule has 5 rings (SSSR count). The predicted octanol–water partition coefficient (Wildman–Crippen LogP) is 8.75. The highest BCUT2D eigenvalue weighted by Gasteiger charge is 2.67. The Labute approximate surface area is 261 Å². The summed E-state index contributed by atoms with van der Waals surface area (Å²) in [5.74, 6) is 2.40. The molecule has 0 spiro atoms. The summed E-state index contributed by atoms with van der Waals surface area (Å²) in [6.45, 7) is 24.0. The summed E-state index contributed by atoms with van der Waals surface area (Å²) in [6.07, 6.45) is 9.98. The molecule has 5 aliphatic rings. The molecule has 4 fully saturated rings. The van der Waals surface area contributed by atoms with Gasteiger partial charge in [-0.15, -0.1) is 0 Å². The lowest BCUT2D eigenvalue weighted by Gasteiger charge is -2.69. The highest BCUT2D eigenvalue weighted by molar-refractivity contribution is 6.00. The summed E-state index contributed by atoms with van der Waals surface area (Å²) in [7, 11) is 0. The first-order chi connectivity index (χ1) is 19.9. The lowest BCUT2D eigenvalue weighted by Crippen LogP contribution is -2.63. The molecule has 4 saturated carbocycles. The summed E-state index contributed by atoms with van der Waals surface area (Å²) in [4.78, 5) is 25.3. The van der Waals surface area contributed by atoms with E-state index in [4.69, 9.17) is 4.74 Å². The lowest BCUT2D eigenvalue weighted by atomic mass is 9.36. The van der Waals surface area contributed by atoms with Gasteiger partial charge in [-0.3, -0.25) is 9.59 Å². The number of fused-ring (bicyclic) bond motifs is 7. The molecule has 0 aromatic heterocycles. The van der Waals surface area contributed by atoms with Gasteiger partial charge in [0.05, 0.1) is 17.3 Å². The maximum Gasteiger partial charge on any atom is 0.309 e. The first-order valence-electron chi connectivity index (χ1n) is 17.4. The number of carbonyl (C=O) groups is 2. The average molecular weight is 597 g/mol. The maximum absolute atomic E-state index is 13.6. The standard InChI is InChI=1S/C38H60O5/c1-11-29(40)38-19-14-25-24(32(38)31(22(2)3)26(39)21-38)12-13-28-36(25,9)17-15-27-35(7,8)30(16-18-37(27,28)10)43-23(4)20-34(5,6)33(41)42/h22,24-25,27-30,40H,4,11-21H2,1-3,5-10H3,(H,41,42). The molecule has 0 amide bonds. The molecule has 0 radical (unpaired) electrons. The molecule has 43 heavy (non-hydrogen) atoms. The molecule has 5 nitrogen and oxygen atoms in total. The van der Waals surface area contributed by atoms with E-state index in [1.54, 1.807) is 13.8 Å². The van der Waals surface area contributed by atoms with Crippen LogP contribution in [0.2, 0.25) is 0 Å². The normalized spacial score (nSPS) is 41.2. The smallest absolute Gasteiger partial charge is 0.309 e. The van der Waals surface area contributed by atoms with Crippen LogP contribution in [0.3, 0.4) is 0 Å². The maximum atomic E-state index is 13.6. The fraction of sp³-hybridized carbons (Fsp3) is 0.842. The minimum absolute atomic E-state index is 0.0393. The third kappa shape index (κ3) is 4.79. The molecule has 0 aliphatic heterocycles. The van der Waals surface area contributed by atoms with Crippen LogP contribution >= 0.6 is 0 Å². The number of ketones is 1. The molecule has 242 valence electrons. The summed E-state index contributed by atoms with van der Waals surface area (Å²) in [6, 6.07) is 0. The van der Waals surface area contributed by atoms with Crippen molar-refractivity contribution >= 4 is 11.8 Å². The molecule has 5 aliphatic carbocycles. The van der Waals surface area contributed by atoms with Gasteiger partial charge < -0.3 is 14.9 Å². The second-order valence-corrected chi connectivity index (χ2v) is 17.5. The number of carbonyl (C=O) groups excluding carboxylic acids is 1. The molecule has 0 aromatic rings. The molecule has 0 heterocycles. The number of allylic oxidation sites excluding steroid dienone is 2. The Hall–Kier alpha value is -1.62. The number of hydrogen-bond acceptors (Lipinski definition) is 4. The number of hydrogen-bond donors (Lipinski definition) is 2. The molecular weight excluding hydrogens is 536 g/mol. The fourth-order valence-corrected chi connectivity index (χ4v) is 12.2. The zero-order valence-corrected chi connectivity index (χ0v) is 28.6. The predicted molar refractivity (Wildman–Crippen MR) is 171 cm³/mol. The van der Waals surface area contributed by atoms with Gasteiger partial charge in [-0.05, 0) is 118 Å². The highest BCUT2D eigenvalue weighted by Crippen LogP contribution is 2.73. The van der Waals surface area contributed by atoms with Crippen LogP contribution in [0.1, 0.15) is 133 Å². The zero-order chi connectivity index (χ0) is 31.9. The number of ether oxygens (including phenoxy) is 1. The number of aliphatic carboxylic acids is 1. The Bertz CT molecular complexity index is 1190. The van der Waals surface area contributed by atoms with Crippen molar-refractivity contribution < 1.29 is 24.5 Å². The first-order valence-corrected chi connectivity index (χ1v) is 17.4. The fourth-order valence-electron chi connectivity index (χ4n) is 12.2. The van der Waals surface area contributed by atoms with Crippen LogP contribution in [0, 0.1) is 56.7 Å². The Morgan fingerprint density at radius 2 is 1.65 bits per heavy atom. The highest BCUT2D eigenvalue weighted by atomic mass is 16.5. The summed E-state index contributed by atoms with van der Waals surface area (Å²) in [5.41, 5.74) is 1.60. The van der Waals surface area contributed by atoms with E-state index < -0.39 is 17.5 Å². The minimum Gasteiger partial charge on any atom is -0.495 e. The van der Waals surface area contributed by atoms with Gasteiger partial charge in [-0.25, -0.2) is 0 Å². The van der Waals surface area contributed by atoms with Gasteiger partial charge in [-0.2, -0.15) is 0 Å². The van der Waals surface area contributed by atoms with Crippen LogP contribution in [-0.4, -0.2) is 34.2 Å². The van der Waals surface area contributed by atoms with E-state index in [9.17, 15) is 19.8 Å². The monoisotopic (exact) mass is 596 g/mol. The van der Waals surface area contributed by atoms with Gasteiger partial charge >= 0.3 is 5.97 Å². The summed E-state index contributed by atoms with van der Waals surface area (Å²) in [5, 5.41) is 21.1. The van der Waals surface area contributed by atoms with Gasteiger partial charge in [-0.1, -0.05) is 60.6 Å². The number of aliphatic hydroxyl groups is 1. The van der Waals surface area contributed by atoms with Gasteiger partial charge in [0.2, 0.25) is 0 Å². The van der Waals surface area contributed by atoms with Gasteiger partial charge in [0.15, 0.2) is 5.78 Å². The Kier molecular flexibility index (Phi) is 8.18. The number of rotatable bonds is 8. The number of carboxylic acid groups (broad SMARTS) is 1. The number of Topliss-reactive ketones (excluding diaryl/α,β-unsaturated/α-hetero) is 1. The van der Waals surface area contributed by atoms with Crippen molar-refractivity contribution in [2.45, 2.75) is 145 Å². The van der Waals surface area contributed by atoms with E-state index in [1.165, 1.54) is 24.8 Å². The lowest BCUT2D eigenvalue weighted by molar-refractivity contribution is -0.207. The Balaban J connectivity index is 1.42. The molecule has 0 saturated heterocycles. The van der Waals surface area contributed by atoms with E-state index >= 15 is 0 Å². The number of carboxylic acids is 1. The molecule has 2 N–H and O–H groups in total. The minimum atomic E-state index is -0.894. The molecule has 0 bridgehead atoms. The SMILES string of the molecule is C=C(CC(C)(C)C(=O)O)OC1CCC2(C)C(CCC3(C)C4CCC5(C(O)CC)CC(=O)C(C(C)C)=C5C4CCC32)C1(C)C. The molecule has 0 aromatic carbocycles. The van der Waals surface area contributed by atoms with Crippen LogP contribution in [0.25, 0.3) is 0 Å². The van der Waals surface area contributed by atoms with Gasteiger partial charge in [0.25, 0.3) is 0 Å². The van der Waals surface area contributed by atoms with Crippen molar-refractivity contribution in [3.63, 3.8) is 0 Å². The van der Waals surface area contributed by atoms with Crippen molar-refractivity contribution in [2.24, 2.45) is 56.7 Å². The Morgan fingerprint density at radius 3 is 2.26 bits per heavy atom. The van der Waals surface area contributed by atoms with E-state index in [-0.39, 0.29) is 33.7 Å². The van der Waals surface area contributed by atoms with Crippen molar-refractivity contribution in [1.82, 2.24) is 0 Å². The molecule has 9 atom stereocenters. The second-order valence-electron chi connectivity index (χ2n) is 17.5. The van der Waals surface area contributed by atoms with Gasteiger partial charge in [0, 0.05) is 23.7 Å². The molecular formula is C38H60O5. The average Bonchev–Trinajstić information content (AvgIpc) is 3.22. The van der Waals surface area contributed by atoms with E-state index in [2.05, 4.69) is 55.0 Å². The van der Waals surface area contributed by atoms with Crippen LogP contribution in [0.5, 0.6) is 0 Å². The van der Waals surface area contributed by atoms with Crippen molar-refractivity contribution in [3.8, 4) is 0 Å². The van der Waals surface area contributed by atoms with Gasteiger partial charge in [0.1, 0.15) is 6.10 Å². The quantitative estimate of drug-likeness (QED) is 0.274. The third-order valence-electron chi connectivity index (χ3n) is 14.1. The van der Waals surface area contributed by atoms with Crippen molar-refractivity contribution in [3.05, 3.63) is 23.5 Å². The van der Waals surface area contributed by atoms with Crippen LogP contribution < -0.4 is 0 Å². The Morgan fingerprint density at radius 1 is 1.00 bits per heavy atom. The van der Waals surface area contributed by atoms with Crippen molar-refractivity contribution in [1.29, 1.82) is 0 Å². The zero-order valence-electron chi connectivity index (χ0n) is 28.6. The van der Waals surface area contributed by atoms with Crippen LogP contribution in [-0.2, 0) is 14.3 Å². The second kappa shape index (κ2) is 10.7. The van der Waals surface area contributed by atoms with Crippen molar-refractivity contribution in [2.75, 3.05) is 0 Å². The van der Waals surface area contributed by atoms with E-state index in [0.717, 1.165) is 37.7 Å². The summed E-state index contributed by atoms with van der Waals surface area (Å²) >= 11 is 0.